The summed E-state index contributed by atoms with van der Waals surface area (Å²) in [7, 11) is 1.66. The van der Waals surface area contributed by atoms with E-state index in [4.69, 9.17) is 4.74 Å². The van der Waals surface area contributed by atoms with Gasteiger partial charge in [0.1, 0.15) is 17.3 Å². The minimum absolute atomic E-state index is 0.00108. The van der Waals surface area contributed by atoms with E-state index in [2.05, 4.69) is 34.3 Å². The van der Waals surface area contributed by atoms with Crippen LogP contribution in [0.3, 0.4) is 0 Å². The fourth-order valence-electron chi connectivity index (χ4n) is 3.50. The molecule has 0 radical (unpaired) electrons. The second-order valence-corrected chi connectivity index (χ2v) is 6.87. The van der Waals surface area contributed by atoms with Gasteiger partial charge < -0.3 is 15.0 Å². The largest absolute Gasteiger partial charge is 0.497 e. The molecule has 2 aromatic rings. The summed E-state index contributed by atoms with van der Waals surface area (Å²) in [5.74, 6) is 1.54. The molecule has 1 aromatic heterocycles. The molecule has 3 rings (SSSR count). The number of likely N-dealkylation sites (tertiary alicyclic amines) is 1. The van der Waals surface area contributed by atoms with Crippen LogP contribution in [0.25, 0.3) is 0 Å². The van der Waals surface area contributed by atoms with E-state index in [9.17, 15) is 4.79 Å². The van der Waals surface area contributed by atoms with Gasteiger partial charge in [0.05, 0.1) is 19.5 Å². The molecule has 1 saturated heterocycles. The summed E-state index contributed by atoms with van der Waals surface area (Å²) in [5.41, 5.74) is 1.65. The normalized spacial score (nSPS) is 16.8. The Kier molecular flexibility index (Phi) is 6.63. The molecule has 1 aromatic carbocycles. The first-order valence-electron chi connectivity index (χ1n) is 9.71. The van der Waals surface area contributed by atoms with Gasteiger partial charge in [0.2, 0.25) is 0 Å². The summed E-state index contributed by atoms with van der Waals surface area (Å²) >= 11 is 0. The quantitative estimate of drug-likeness (QED) is 0.810. The van der Waals surface area contributed by atoms with Crippen LogP contribution >= 0.6 is 0 Å². The van der Waals surface area contributed by atoms with Gasteiger partial charge in [-0.3, -0.25) is 4.79 Å². The lowest BCUT2D eigenvalue weighted by atomic mass is 10.00. The number of hydrogen-bond donors (Lipinski definition) is 1. The van der Waals surface area contributed by atoms with Crippen LogP contribution in [0.5, 0.6) is 5.75 Å². The van der Waals surface area contributed by atoms with E-state index in [0.29, 0.717) is 17.6 Å². The van der Waals surface area contributed by atoms with Gasteiger partial charge in [-0.2, -0.15) is 0 Å². The second-order valence-electron chi connectivity index (χ2n) is 6.87. The molecule has 0 bridgehead atoms. The van der Waals surface area contributed by atoms with Gasteiger partial charge in [-0.25, -0.2) is 9.97 Å². The fourth-order valence-corrected chi connectivity index (χ4v) is 3.50. The third-order valence-corrected chi connectivity index (χ3v) is 5.11. The van der Waals surface area contributed by atoms with Crippen molar-refractivity contribution in [2.24, 2.45) is 0 Å². The highest BCUT2D eigenvalue weighted by Crippen LogP contribution is 2.21. The van der Waals surface area contributed by atoms with Crippen molar-refractivity contribution in [3.8, 4) is 5.75 Å². The Morgan fingerprint density at radius 1 is 1.22 bits per heavy atom. The van der Waals surface area contributed by atoms with Gasteiger partial charge in [-0.15, -0.1) is 0 Å². The minimum atomic E-state index is -0.00108. The van der Waals surface area contributed by atoms with Crippen LogP contribution in [0.1, 0.15) is 48.7 Å². The predicted octanol–water partition coefficient (Wildman–Crippen LogP) is 3.54. The van der Waals surface area contributed by atoms with Crippen LogP contribution in [0, 0.1) is 0 Å². The zero-order chi connectivity index (χ0) is 19.1. The first-order valence-corrected chi connectivity index (χ1v) is 9.71. The molecule has 1 N–H and O–H groups in total. The van der Waals surface area contributed by atoms with E-state index < -0.39 is 0 Å². The Labute approximate surface area is 161 Å². The van der Waals surface area contributed by atoms with Crippen molar-refractivity contribution in [1.82, 2.24) is 14.9 Å². The van der Waals surface area contributed by atoms with Gasteiger partial charge in [0, 0.05) is 19.1 Å². The SMILES string of the molecule is CCC1CCCCN1C(=O)c1cnc(NCCc2ccc(OC)cc2)cn1. The van der Waals surface area contributed by atoms with Gasteiger partial charge in [-0.05, 0) is 49.8 Å². The number of methoxy groups -OCH3 is 1. The maximum atomic E-state index is 12.7. The molecule has 0 saturated carbocycles. The van der Waals surface area contributed by atoms with Crippen LogP contribution in [0.2, 0.25) is 0 Å². The number of hydrogen-bond acceptors (Lipinski definition) is 5. The van der Waals surface area contributed by atoms with Crippen LogP contribution in [-0.4, -0.2) is 47.0 Å². The lowest BCUT2D eigenvalue weighted by Gasteiger charge is -2.34. The third kappa shape index (κ3) is 4.96. The summed E-state index contributed by atoms with van der Waals surface area (Å²) in [6.45, 7) is 3.71. The summed E-state index contributed by atoms with van der Waals surface area (Å²) in [6, 6.07) is 8.35. The lowest BCUT2D eigenvalue weighted by Crippen LogP contribution is -2.43. The predicted molar refractivity (Wildman–Crippen MR) is 106 cm³/mol. The van der Waals surface area contributed by atoms with Crippen molar-refractivity contribution >= 4 is 11.7 Å². The van der Waals surface area contributed by atoms with Gasteiger partial charge in [0.25, 0.3) is 5.91 Å². The Balaban J connectivity index is 1.52. The molecule has 1 aliphatic heterocycles. The standard InChI is InChI=1S/C21H28N4O2/c1-3-17-6-4-5-13-25(17)21(26)19-14-24-20(15-23-19)22-12-11-16-7-9-18(27-2)10-8-16/h7-10,14-15,17H,3-6,11-13H2,1-2H3,(H,22,24). The molecule has 1 atom stereocenters. The Hall–Kier alpha value is -2.63. The smallest absolute Gasteiger partial charge is 0.274 e. The maximum Gasteiger partial charge on any atom is 0.274 e. The second kappa shape index (κ2) is 9.35. The third-order valence-electron chi connectivity index (χ3n) is 5.11. The van der Waals surface area contributed by atoms with Crippen LogP contribution in [0.4, 0.5) is 5.82 Å². The van der Waals surface area contributed by atoms with Crippen molar-refractivity contribution in [3.63, 3.8) is 0 Å². The number of piperidine rings is 1. The molecular formula is C21H28N4O2. The number of anilines is 1. The van der Waals surface area contributed by atoms with Crippen molar-refractivity contribution in [2.75, 3.05) is 25.5 Å². The molecule has 144 valence electrons. The highest BCUT2D eigenvalue weighted by atomic mass is 16.5. The van der Waals surface area contributed by atoms with E-state index in [-0.39, 0.29) is 5.91 Å². The number of nitrogens with zero attached hydrogens (tertiary/aromatic N) is 3. The molecule has 0 spiro atoms. The molecule has 6 heteroatoms. The molecule has 6 nitrogen and oxygen atoms in total. The first kappa shape index (κ1) is 19.1. The monoisotopic (exact) mass is 368 g/mol. The number of benzene rings is 1. The molecule has 2 heterocycles. The first-order chi connectivity index (χ1) is 13.2. The van der Waals surface area contributed by atoms with Crippen molar-refractivity contribution in [1.29, 1.82) is 0 Å². The molecule has 1 unspecified atom stereocenters. The zero-order valence-electron chi connectivity index (χ0n) is 16.1. The Bertz CT molecular complexity index is 731. The number of nitrogens with one attached hydrogen (secondary N) is 1. The number of carbonyl (C=O) groups excluding carboxylic acids is 1. The fraction of sp³-hybridized carbons (Fsp3) is 0.476. The molecule has 1 aliphatic rings. The van der Waals surface area contributed by atoms with Crippen molar-refractivity contribution in [2.45, 2.75) is 45.1 Å². The number of ether oxygens (including phenoxy) is 1. The van der Waals surface area contributed by atoms with Gasteiger partial charge in [-0.1, -0.05) is 19.1 Å². The minimum Gasteiger partial charge on any atom is -0.497 e. The summed E-state index contributed by atoms with van der Waals surface area (Å²) < 4.78 is 5.17. The molecule has 1 amide bonds. The summed E-state index contributed by atoms with van der Waals surface area (Å²) in [5, 5.41) is 3.26. The zero-order valence-corrected chi connectivity index (χ0v) is 16.1. The highest BCUT2D eigenvalue weighted by Gasteiger charge is 2.27. The molecule has 0 aliphatic carbocycles. The Morgan fingerprint density at radius 3 is 2.70 bits per heavy atom. The van der Waals surface area contributed by atoms with Gasteiger partial charge >= 0.3 is 0 Å². The molecule has 1 fully saturated rings. The van der Waals surface area contributed by atoms with E-state index in [0.717, 1.165) is 44.5 Å². The van der Waals surface area contributed by atoms with Crippen LogP contribution in [0.15, 0.2) is 36.7 Å². The van der Waals surface area contributed by atoms with Crippen LogP contribution < -0.4 is 10.1 Å². The summed E-state index contributed by atoms with van der Waals surface area (Å²) in [6.07, 6.45) is 8.44. The number of rotatable bonds is 7. The lowest BCUT2D eigenvalue weighted by molar-refractivity contribution is 0.0601. The van der Waals surface area contributed by atoms with Crippen LogP contribution in [-0.2, 0) is 6.42 Å². The highest BCUT2D eigenvalue weighted by molar-refractivity contribution is 5.92. The van der Waals surface area contributed by atoms with Crippen molar-refractivity contribution in [3.05, 3.63) is 47.9 Å². The number of carbonyl (C=O) groups is 1. The van der Waals surface area contributed by atoms with E-state index >= 15 is 0 Å². The molecule has 27 heavy (non-hydrogen) atoms. The van der Waals surface area contributed by atoms with Crippen molar-refractivity contribution < 1.29 is 9.53 Å². The van der Waals surface area contributed by atoms with E-state index in [1.165, 1.54) is 12.0 Å². The van der Waals surface area contributed by atoms with E-state index in [1.54, 1.807) is 19.5 Å². The van der Waals surface area contributed by atoms with Gasteiger partial charge in [0.15, 0.2) is 0 Å². The molecular weight excluding hydrogens is 340 g/mol. The number of amides is 1. The summed E-state index contributed by atoms with van der Waals surface area (Å²) in [4.78, 5) is 23.4. The topological polar surface area (TPSA) is 67.4 Å². The average Bonchev–Trinajstić information content (AvgIpc) is 2.74. The number of aromatic nitrogens is 2. The average molecular weight is 368 g/mol. The Morgan fingerprint density at radius 2 is 2.04 bits per heavy atom. The maximum absolute atomic E-state index is 12.7. The van der Waals surface area contributed by atoms with E-state index in [1.807, 2.05) is 17.0 Å².